The van der Waals surface area contributed by atoms with Gasteiger partial charge in [0.1, 0.15) is 11.7 Å². The number of hydrogen-bond acceptors (Lipinski definition) is 3. The van der Waals surface area contributed by atoms with Crippen molar-refractivity contribution in [1.29, 1.82) is 0 Å². The van der Waals surface area contributed by atoms with E-state index >= 15 is 0 Å². The highest BCUT2D eigenvalue weighted by Gasteiger charge is 2.63. The summed E-state index contributed by atoms with van der Waals surface area (Å²) in [4.78, 5) is 11.3. The van der Waals surface area contributed by atoms with Gasteiger partial charge in [0.2, 0.25) is 0 Å². The van der Waals surface area contributed by atoms with Crippen LogP contribution < -0.4 is 0 Å². The maximum atomic E-state index is 11.3. The monoisotopic (exact) mass is 356 g/mol. The average molecular weight is 357 g/mol. The van der Waals surface area contributed by atoms with Crippen LogP contribution in [0.2, 0.25) is 0 Å². The number of fused-ring (bicyclic) bond motifs is 5. The number of carbonyl (C=O) groups excluding carboxylic acids is 1. The van der Waals surface area contributed by atoms with Gasteiger partial charge in [-0.2, -0.15) is 0 Å². The zero-order valence-electron chi connectivity index (χ0n) is 16.4. The lowest BCUT2D eigenvalue weighted by Crippen LogP contribution is -2.54. The molecule has 0 amide bonds. The second-order valence-corrected chi connectivity index (χ2v) is 9.73. The van der Waals surface area contributed by atoms with Crippen molar-refractivity contribution in [2.24, 2.45) is 28.6 Å². The highest BCUT2D eigenvalue weighted by molar-refractivity contribution is 5.66. The van der Waals surface area contributed by atoms with Crippen LogP contribution in [0.4, 0.5) is 0 Å². The van der Waals surface area contributed by atoms with Crippen molar-refractivity contribution in [3.05, 3.63) is 11.6 Å². The maximum Gasteiger partial charge on any atom is 0.302 e. The summed E-state index contributed by atoms with van der Waals surface area (Å²) in [5, 5.41) is 11.1. The summed E-state index contributed by atoms with van der Waals surface area (Å²) in [6.45, 7) is 6.18. The van der Waals surface area contributed by atoms with Gasteiger partial charge in [-0.3, -0.25) is 4.79 Å². The lowest BCUT2D eigenvalue weighted by atomic mass is 9.47. The largest absolute Gasteiger partial charge is 0.462 e. The molecule has 0 aromatic rings. The molecule has 0 aliphatic heterocycles. The Kier molecular flexibility index (Phi) is 4.08. The predicted molar refractivity (Wildman–Crippen MR) is 101 cm³/mol. The normalized spacial score (nSPS) is 49.9. The number of carbonyl (C=O) groups is 1. The molecule has 0 aromatic heterocycles. The molecule has 0 bridgehead atoms. The van der Waals surface area contributed by atoms with Crippen LogP contribution in [0.25, 0.3) is 0 Å². The molecule has 0 saturated heterocycles. The van der Waals surface area contributed by atoms with E-state index in [0.29, 0.717) is 17.8 Å². The molecule has 4 aliphatic carbocycles. The fourth-order valence-corrected chi connectivity index (χ4v) is 7.22. The molecule has 3 fully saturated rings. The second-order valence-electron chi connectivity index (χ2n) is 9.73. The molecule has 0 spiro atoms. The van der Waals surface area contributed by atoms with Crippen molar-refractivity contribution in [2.75, 3.05) is 0 Å². The Labute approximate surface area is 157 Å². The molecule has 3 nitrogen and oxygen atoms in total. The van der Waals surface area contributed by atoms with Crippen molar-refractivity contribution in [3.8, 4) is 12.3 Å². The van der Waals surface area contributed by atoms with Crippen LogP contribution in [0.1, 0.15) is 72.1 Å². The highest BCUT2D eigenvalue weighted by atomic mass is 16.5. The molecule has 4 rings (SSSR count). The van der Waals surface area contributed by atoms with E-state index in [2.05, 4.69) is 25.8 Å². The number of hydrogen-bond donors (Lipinski definition) is 1. The molecule has 7 atom stereocenters. The van der Waals surface area contributed by atoms with Gasteiger partial charge in [-0.05, 0) is 68.1 Å². The van der Waals surface area contributed by atoms with Crippen LogP contribution in [-0.2, 0) is 9.53 Å². The smallest absolute Gasteiger partial charge is 0.302 e. The number of terminal acetylenes is 1. The molecule has 142 valence electrons. The van der Waals surface area contributed by atoms with Crippen LogP contribution >= 0.6 is 0 Å². The van der Waals surface area contributed by atoms with E-state index in [4.69, 9.17) is 11.2 Å². The molecular weight excluding hydrogens is 324 g/mol. The lowest BCUT2D eigenvalue weighted by Gasteiger charge is -2.58. The highest BCUT2D eigenvalue weighted by Crippen LogP contribution is 2.67. The zero-order chi connectivity index (χ0) is 18.7. The molecule has 26 heavy (non-hydrogen) atoms. The molecule has 0 unspecified atom stereocenters. The first-order valence-corrected chi connectivity index (χ1v) is 10.3. The Morgan fingerprint density at radius 2 is 1.96 bits per heavy atom. The fraction of sp³-hybridized carbons (Fsp3) is 0.783. The van der Waals surface area contributed by atoms with Gasteiger partial charge in [-0.1, -0.05) is 31.4 Å². The number of allylic oxidation sites excluding steroid dienone is 1. The van der Waals surface area contributed by atoms with Crippen LogP contribution in [-0.4, -0.2) is 22.8 Å². The summed E-state index contributed by atoms with van der Waals surface area (Å²) in [7, 11) is 0. The predicted octanol–water partition coefficient (Wildman–Crippen LogP) is 4.25. The second kappa shape index (κ2) is 5.86. The van der Waals surface area contributed by atoms with Crippen molar-refractivity contribution < 1.29 is 14.6 Å². The van der Waals surface area contributed by atoms with Gasteiger partial charge >= 0.3 is 5.97 Å². The van der Waals surface area contributed by atoms with E-state index in [1.165, 1.54) is 12.5 Å². The molecular formula is C23H32O3. The number of esters is 1. The number of aliphatic hydroxyl groups is 1. The van der Waals surface area contributed by atoms with Gasteiger partial charge in [0.15, 0.2) is 0 Å². The fourth-order valence-electron chi connectivity index (χ4n) is 7.22. The minimum absolute atomic E-state index is 0.0512. The van der Waals surface area contributed by atoms with Crippen molar-refractivity contribution in [2.45, 2.75) is 83.8 Å². The first-order chi connectivity index (χ1) is 12.2. The molecule has 0 radical (unpaired) electrons. The summed E-state index contributed by atoms with van der Waals surface area (Å²) in [5.74, 6) is 4.39. The molecule has 3 saturated carbocycles. The van der Waals surface area contributed by atoms with E-state index in [0.717, 1.165) is 51.4 Å². The molecule has 0 heterocycles. The summed E-state index contributed by atoms with van der Waals surface area (Å²) in [5.41, 5.74) is 0.655. The minimum Gasteiger partial charge on any atom is -0.462 e. The summed E-state index contributed by atoms with van der Waals surface area (Å²) >= 11 is 0. The summed E-state index contributed by atoms with van der Waals surface area (Å²) in [6, 6.07) is 0. The van der Waals surface area contributed by atoms with Crippen LogP contribution in [0.3, 0.4) is 0 Å². The number of rotatable bonds is 1. The third-order valence-corrected chi connectivity index (χ3v) is 8.78. The minimum atomic E-state index is -0.930. The van der Waals surface area contributed by atoms with E-state index < -0.39 is 5.60 Å². The third-order valence-electron chi connectivity index (χ3n) is 8.78. The Hall–Kier alpha value is -1.27. The quantitative estimate of drug-likeness (QED) is 0.434. The van der Waals surface area contributed by atoms with E-state index in [-0.39, 0.29) is 22.9 Å². The first kappa shape index (κ1) is 18.1. The molecule has 1 N–H and O–H groups in total. The SMILES string of the molecule is C#C[C@@]1(O)CC[C@H]2[C@@H]3CC=C4C[C@@H](OC(C)=O)CC[C@@]4(C)[C@@H]3CC[C@]21C. The topological polar surface area (TPSA) is 46.5 Å². The van der Waals surface area contributed by atoms with Crippen LogP contribution in [0.15, 0.2) is 11.6 Å². The maximum absolute atomic E-state index is 11.3. The molecule has 3 heteroatoms. The van der Waals surface area contributed by atoms with Crippen LogP contribution in [0, 0.1) is 40.9 Å². The summed E-state index contributed by atoms with van der Waals surface area (Å²) in [6.07, 6.45) is 16.3. The summed E-state index contributed by atoms with van der Waals surface area (Å²) < 4.78 is 5.51. The zero-order valence-corrected chi connectivity index (χ0v) is 16.4. The van der Waals surface area contributed by atoms with Crippen molar-refractivity contribution >= 4 is 5.97 Å². The molecule has 4 aliphatic rings. The van der Waals surface area contributed by atoms with Gasteiger partial charge in [0.05, 0.1) is 0 Å². The van der Waals surface area contributed by atoms with E-state index in [1.54, 1.807) is 0 Å². The molecule has 0 aromatic carbocycles. The Morgan fingerprint density at radius 3 is 2.65 bits per heavy atom. The van der Waals surface area contributed by atoms with Crippen LogP contribution in [0.5, 0.6) is 0 Å². The first-order valence-electron chi connectivity index (χ1n) is 10.3. The Morgan fingerprint density at radius 1 is 1.23 bits per heavy atom. The van der Waals surface area contributed by atoms with Crippen molar-refractivity contribution in [1.82, 2.24) is 0 Å². The van der Waals surface area contributed by atoms with Gasteiger partial charge in [-0.25, -0.2) is 0 Å². The number of ether oxygens (including phenoxy) is 1. The average Bonchev–Trinajstić information content (AvgIpc) is 2.87. The third kappa shape index (κ3) is 2.34. The Balaban J connectivity index is 1.61. The van der Waals surface area contributed by atoms with Crippen molar-refractivity contribution in [3.63, 3.8) is 0 Å². The van der Waals surface area contributed by atoms with E-state index in [1.807, 2.05) is 0 Å². The standard InChI is InChI=1S/C23H32O3/c1-5-23(25)13-10-20-18-7-6-16-14-17(26-15(2)24)8-11-21(16,3)19(18)9-12-22(20,23)4/h1,6,17-20,25H,7-14H2,2-4H3/t17-,18+,19+,20-,21+,22+,23+/m0/s1. The van der Waals surface area contributed by atoms with E-state index in [9.17, 15) is 9.90 Å². The van der Waals surface area contributed by atoms with Gasteiger partial charge in [-0.15, -0.1) is 6.42 Å². The van der Waals surface area contributed by atoms with Gasteiger partial charge < -0.3 is 9.84 Å². The van der Waals surface area contributed by atoms with Gasteiger partial charge in [0, 0.05) is 18.8 Å². The lowest BCUT2D eigenvalue weighted by molar-refractivity contribution is -0.149. The Bertz CT molecular complexity index is 688. The van der Waals surface area contributed by atoms with Gasteiger partial charge in [0.25, 0.3) is 0 Å².